The molecule has 15 heteroatoms. The molecule has 0 saturated heterocycles. The monoisotopic (exact) mass is 578 g/mol. The van der Waals surface area contributed by atoms with E-state index < -0.39 is 72.2 Å². The van der Waals surface area contributed by atoms with Gasteiger partial charge in [-0.25, -0.2) is 9.59 Å². The molecule has 4 atom stereocenters. The summed E-state index contributed by atoms with van der Waals surface area (Å²) in [7, 11) is 0. The number of nitrogens with one attached hydrogen (secondary N) is 5. The molecule has 0 aliphatic rings. The van der Waals surface area contributed by atoms with Crippen molar-refractivity contribution in [1.82, 2.24) is 26.6 Å². The number of hydrogen-bond acceptors (Lipinski definition) is 8. The number of unbranched alkanes of at least 4 members (excludes halogenated alkanes) is 1. The number of carbonyl (C=O) groups excluding carboxylic acids is 6. The van der Waals surface area contributed by atoms with Gasteiger partial charge in [0.1, 0.15) is 30.8 Å². The Morgan fingerprint density at radius 2 is 1.41 bits per heavy atom. The van der Waals surface area contributed by atoms with Crippen molar-refractivity contribution in [1.29, 1.82) is 0 Å². The predicted molar refractivity (Wildman–Crippen MR) is 145 cm³/mol. The third-order valence-electron chi connectivity index (χ3n) is 5.62. The molecule has 1 aromatic carbocycles. The molecule has 15 nitrogen and oxygen atoms in total. The minimum atomic E-state index is -1.56. The van der Waals surface area contributed by atoms with Crippen LogP contribution >= 0.6 is 0 Å². The molecular weight excluding hydrogens is 540 g/mol. The standard InChI is InChI=1S/C26H38N6O9/c1-15(22(35)29-16(2)23(36)32-20(25(38)39)13-21(27)34)30-24(37)19(31-17(3)33)11-7-8-12-28-26(40)41-14-18-9-5-4-6-10-18/h4-6,9-10,15-16,19-20H,7-8,11-14H2,1-3H3,(H2,27,34)(H,28,40)(H,29,35)(H,30,37)(H,31,33)(H,32,36)(H,38,39)/t15-,16+,19-,20-/m0/s1. The maximum atomic E-state index is 12.7. The van der Waals surface area contributed by atoms with E-state index in [9.17, 15) is 33.6 Å². The van der Waals surface area contributed by atoms with Crippen LogP contribution in [0.4, 0.5) is 4.79 Å². The third kappa shape index (κ3) is 14.3. The zero-order chi connectivity index (χ0) is 30.9. The molecular formula is C26H38N6O9. The van der Waals surface area contributed by atoms with E-state index in [1.54, 1.807) is 0 Å². The molecule has 0 heterocycles. The molecule has 41 heavy (non-hydrogen) atoms. The molecule has 0 bridgehead atoms. The fourth-order valence-corrected chi connectivity index (χ4v) is 3.43. The maximum absolute atomic E-state index is 12.7. The van der Waals surface area contributed by atoms with Gasteiger partial charge in [0.05, 0.1) is 6.42 Å². The van der Waals surface area contributed by atoms with Gasteiger partial charge in [-0.2, -0.15) is 0 Å². The van der Waals surface area contributed by atoms with Crippen LogP contribution in [0.2, 0.25) is 0 Å². The Hall–Kier alpha value is -4.69. The molecule has 1 aromatic rings. The molecule has 226 valence electrons. The number of hydrogen-bond donors (Lipinski definition) is 7. The van der Waals surface area contributed by atoms with Crippen LogP contribution in [-0.4, -0.2) is 77.4 Å². The van der Waals surface area contributed by atoms with Crippen LogP contribution in [0.5, 0.6) is 0 Å². The number of benzene rings is 1. The van der Waals surface area contributed by atoms with Crippen LogP contribution in [0.3, 0.4) is 0 Å². The summed E-state index contributed by atoms with van der Waals surface area (Å²) in [5.74, 6) is -5.13. The normalized spacial score (nSPS) is 13.3. The Labute approximate surface area is 237 Å². The summed E-state index contributed by atoms with van der Waals surface area (Å²) < 4.78 is 5.12. The first-order chi connectivity index (χ1) is 19.3. The van der Waals surface area contributed by atoms with Gasteiger partial charge in [0.2, 0.25) is 29.5 Å². The molecule has 0 aromatic heterocycles. The van der Waals surface area contributed by atoms with Crippen LogP contribution in [0.1, 0.15) is 52.0 Å². The largest absolute Gasteiger partial charge is 0.480 e. The van der Waals surface area contributed by atoms with Crippen molar-refractivity contribution in [2.45, 2.75) is 77.2 Å². The summed E-state index contributed by atoms with van der Waals surface area (Å²) in [6.45, 7) is 4.30. The number of carbonyl (C=O) groups is 7. The molecule has 0 fully saturated rings. The number of aliphatic carboxylic acids is 1. The predicted octanol–water partition coefficient (Wildman–Crippen LogP) is -0.958. The lowest BCUT2D eigenvalue weighted by molar-refractivity contribution is -0.143. The van der Waals surface area contributed by atoms with E-state index in [1.165, 1.54) is 20.8 Å². The maximum Gasteiger partial charge on any atom is 0.407 e. The van der Waals surface area contributed by atoms with Crippen molar-refractivity contribution in [3.8, 4) is 0 Å². The highest BCUT2D eigenvalue weighted by atomic mass is 16.5. The van der Waals surface area contributed by atoms with Crippen LogP contribution in [0.15, 0.2) is 30.3 Å². The van der Waals surface area contributed by atoms with Gasteiger partial charge in [0.15, 0.2) is 0 Å². The minimum absolute atomic E-state index is 0.130. The summed E-state index contributed by atoms with van der Waals surface area (Å²) in [6, 6.07) is 4.33. The molecule has 0 saturated carbocycles. The summed E-state index contributed by atoms with van der Waals surface area (Å²) in [5, 5.41) is 21.1. The number of nitrogens with two attached hydrogens (primary N) is 1. The first kappa shape index (κ1) is 34.3. The Bertz CT molecular complexity index is 1080. The van der Waals surface area contributed by atoms with E-state index >= 15 is 0 Å². The van der Waals surface area contributed by atoms with E-state index in [1.807, 2.05) is 30.3 Å². The highest BCUT2D eigenvalue weighted by molar-refractivity contribution is 5.95. The summed E-state index contributed by atoms with van der Waals surface area (Å²) in [5.41, 5.74) is 5.83. The average Bonchev–Trinajstić information content (AvgIpc) is 2.90. The zero-order valence-electron chi connectivity index (χ0n) is 23.2. The highest BCUT2D eigenvalue weighted by Crippen LogP contribution is 2.04. The molecule has 0 spiro atoms. The molecule has 0 aliphatic carbocycles. The number of rotatable bonds is 17. The van der Waals surface area contributed by atoms with Crippen LogP contribution in [-0.2, 0) is 40.1 Å². The van der Waals surface area contributed by atoms with Gasteiger partial charge in [0, 0.05) is 13.5 Å². The Morgan fingerprint density at radius 1 is 0.829 bits per heavy atom. The smallest absolute Gasteiger partial charge is 0.407 e. The summed E-state index contributed by atoms with van der Waals surface area (Å²) >= 11 is 0. The summed E-state index contributed by atoms with van der Waals surface area (Å²) in [4.78, 5) is 83.1. The quantitative estimate of drug-likeness (QED) is 0.113. The highest BCUT2D eigenvalue weighted by Gasteiger charge is 2.28. The Kier molecular flexibility index (Phi) is 14.9. The molecule has 0 unspecified atom stereocenters. The number of carboxylic acid groups (broad SMARTS) is 1. The number of primary amides is 1. The molecule has 6 amide bonds. The van der Waals surface area contributed by atoms with Gasteiger partial charge in [0.25, 0.3) is 0 Å². The number of alkyl carbamates (subject to hydrolysis) is 1. The Balaban J connectivity index is 2.49. The second-order valence-corrected chi connectivity index (χ2v) is 9.27. The lowest BCUT2D eigenvalue weighted by Crippen LogP contribution is -2.56. The lowest BCUT2D eigenvalue weighted by Gasteiger charge is -2.22. The number of carboxylic acids is 1. The van der Waals surface area contributed by atoms with Crippen molar-refractivity contribution in [2.75, 3.05) is 6.54 Å². The molecule has 1 rings (SSSR count). The van der Waals surface area contributed by atoms with Crippen molar-refractivity contribution in [3.63, 3.8) is 0 Å². The zero-order valence-corrected chi connectivity index (χ0v) is 23.2. The van der Waals surface area contributed by atoms with Crippen molar-refractivity contribution >= 4 is 41.6 Å². The average molecular weight is 579 g/mol. The first-order valence-electron chi connectivity index (χ1n) is 12.9. The van der Waals surface area contributed by atoms with Gasteiger partial charge in [-0.15, -0.1) is 0 Å². The van der Waals surface area contributed by atoms with Crippen molar-refractivity contribution in [3.05, 3.63) is 35.9 Å². The third-order valence-corrected chi connectivity index (χ3v) is 5.62. The van der Waals surface area contributed by atoms with Crippen molar-refractivity contribution in [2.24, 2.45) is 5.73 Å². The second kappa shape index (κ2) is 17.8. The SMILES string of the molecule is CC(=O)N[C@@H](CCCCNC(=O)OCc1ccccc1)C(=O)N[C@@H](C)C(=O)N[C@H](C)C(=O)N[C@@H](CC(N)=O)C(=O)O. The fraction of sp³-hybridized carbons (Fsp3) is 0.500. The van der Waals surface area contributed by atoms with Crippen LogP contribution < -0.4 is 32.3 Å². The van der Waals surface area contributed by atoms with Gasteiger partial charge >= 0.3 is 12.1 Å². The second-order valence-electron chi connectivity index (χ2n) is 9.27. The van der Waals surface area contributed by atoms with E-state index in [4.69, 9.17) is 15.6 Å². The number of ether oxygens (including phenoxy) is 1. The van der Waals surface area contributed by atoms with E-state index in [2.05, 4.69) is 26.6 Å². The molecule has 8 N–H and O–H groups in total. The first-order valence-corrected chi connectivity index (χ1v) is 12.9. The van der Waals surface area contributed by atoms with Gasteiger partial charge in [-0.3, -0.25) is 24.0 Å². The molecule has 0 aliphatic heterocycles. The van der Waals surface area contributed by atoms with Gasteiger partial charge in [-0.05, 0) is 38.7 Å². The molecule has 0 radical (unpaired) electrons. The summed E-state index contributed by atoms with van der Waals surface area (Å²) in [6.07, 6.45) is -0.0627. The topological polar surface area (TPSA) is 235 Å². The van der Waals surface area contributed by atoms with Crippen LogP contribution in [0, 0.1) is 0 Å². The van der Waals surface area contributed by atoms with Crippen molar-refractivity contribution < 1.29 is 43.4 Å². The fourth-order valence-electron chi connectivity index (χ4n) is 3.43. The lowest BCUT2D eigenvalue weighted by atomic mass is 10.1. The van der Waals surface area contributed by atoms with Crippen LogP contribution in [0.25, 0.3) is 0 Å². The number of amides is 6. The van der Waals surface area contributed by atoms with E-state index in [-0.39, 0.29) is 19.6 Å². The minimum Gasteiger partial charge on any atom is -0.480 e. The Morgan fingerprint density at radius 3 is 1.98 bits per heavy atom. The van der Waals surface area contributed by atoms with Gasteiger partial charge in [-0.1, -0.05) is 30.3 Å². The van der Waals surface area contributed by atoms with E-state index in [0.29, 0.717) is 12.8 Å². The van der Waals surface area contributed by atoms with E-state index in [0.717, 1.165) is 5.56 Å². The van der Waals surface area contributed by atoms with Gasteiger partial charge < -0.3 is 42.2 Å².